The molecule has 1 aromatic rings. The van der Waals surface area contributed by atoms with Gasteiger partial charge in [-0.2, -0.15) is 0 Å². The van der Waals surface area contributed by atoms with E-state index in [0.717, 1.165) is 43.1 Å². The molecule has 4 aliphatic carbocycles. The Hall–Kier alpha value is -1.02. The number of nitrogens with one attached hydrogen (secondary N) is 1. The van der Waals surface area contributed by atoms with Crippen LogP contribution in [0.1, 0.15) is 57.4 Å². The highest BCUT2D eigenvalue weighted by Gasteiger charge is 2.50. The predicted molar refractivity (Wildman–Crippen MR) is 90.0 cm³/mol. The second-order valence-corrected chi connectivity index (χ2v) is 8.05. The van der Waals surface area contributed by atoms with E-state index in [2.05, 4.69) is 36.5 Å². The average molecular weight is 299 g/mol. The van der Waals surface area contributed by atoms with Crippen molar-refractivity contribution in [3.63, 3.8) is 0 Å². The molecule has 0 aromatic heterocycles. The number of hydrogen-bond donors (Lipinski definition) is 1. The predicted octanol–water partition coefficient (Wildman–Crippen LogP) is 4.53. The fourth-order valence-electron chi connectivity index (χ4n) is 5.58. The third-order valence-electron chi connectivity index (χ3n) is 6.08. The molecule has 0 atom stereocenters. The summed E-state index contributed by atoms with van der Waals surface area (Å²) in [5.74, 6) is 4.06. The van der Waals surface area contributed by atoms with Gasteiger partial charge in [-0.1, -0.05) is 19.1 Å². The quantitative estimate of drug-likeness (QED) is 0.833. The summed E-state index contributed by atoms with van der Waals surface area (Å²) in [5.41, 5.74) is 1.82. The first-order valence-corrected chi connectivity index (χ1v) is 9.21. The minimum absolute atomic E-state index is 0.453. The van der Waals surface area contributed by atoms with Gasteiger partial charge in [0.1, 0.15) is 5.75 Å². The van der Waals surface area contributed by atoms with Gasteiger partial charge in [-0.25, -0.2) is 0 Å². The van der Waals surface area contributed by atoms with Crippen molar-refractivity contribution < 1.29 is 4.74 Å². The van der Waals surface area contributed by atoms with Gasteiger partial charge in [-0.3, -0.25) is 0 Å². The molecular formula is C20H29NO. The summed E-state index contributed by atoms with van der Waals surface area (Å²) < 4.78 is 5.76. The Bertz CT molecular complexity index is 489. The van der Waals surface area contributed by atoms with Crippen LogP contribution >= 0.6 is 0 Å². The minimum atomic E-state index is 0.453. The Morgan fingerprint density at radius 2 is 1.77 bits per heavy atom. The molecule has 0 spiro atoms. The summed E-state index contributed by atoms with van der Waals surface area (Å²) in [4.78, 5) is 0. The summed E-state index contributed by atoms with van der Waals surface area (Å²) in [5, 5.41) is 3.97. The summed E-state index contributed by atoms with van der Waals surface area (Å²) in [7, 11) is 0. The first-order valence-electron chi connectivity index (χ1n) is 9.21. The number of rotatable bonds is 6. The van der Waals surface area contributed by atoms with Crippen LogP contribution in [0.25, 0.3) is 0 Å². The molecule has 2 nitrogen and oxygen atoms in total. The fourth-order valence-corrected chi connectivity index (χ4v) is 5.58. The van der Waals surface area contributed by atoms with Crippen molar-refractivity contribution in [3.8, 4) is 5.75 Å². The van der Waals surface area contributed by atoms with Crippen LogP contribution < -0.4 is 10.1 Å². The highest BCUT2D eigenvalue weighted by atomic mass is 16.5. The molecule has 0 aliphatic heterocycles. The maximum atomic E-state index is 5.76. The third-order valence-corrected chi connectivity index (χ3v) is 6.08. The van der Waals surface area contributed by atoms with Crippen molar-refractivity contribution in [2.24, 2.45) is 17.8 Å². The number of ether oxygens (including phenoxy) is 1. The molecule has 0 radical (unpaired) electrons. The van der Waals surface area contributed by atoms with Crippen LogP contribution in [0, 0.1) is 17.8 Å². The fraction of sp³-hybridized carbons (Fsp3) is 0.700. The van der Waals surface area contributed by atoms with E-state index in [9.17, 15) is 0 Å². The second kappa shape index (κ2) is 5.88. The summed E-state index contributed by atoms with van der Waals surface area (Å²) >= 11 is 0. The molecule has 4 aliphatic rings. The molecule has 2 heteroatoms. The molecule has 120 valence electrons. The van der Waals surface area contributed by atoms with Gasteiger partial charge in [0.15, 0.2) is 0 Å². The standard InChI is InChI=1S/C20H29NO/c1-2-6-22-19-5-3-4-15(10-19)14-21-20-11-16-7-17(12-20)9-18(8-16)13-20/h3-5,10,16-18,21H,2,6-9,11-14H2,1H3. The van der Waals surface area contributed by atoms with Gasteiger partial charge in [0.05, 0.1) is 6.61 Å². The average Bonchev–Trinajstić information content (AvgIpc) is 2.50. The molecule has 0 amide bonds. The Kier molecular flexibility index (Phi) is 3.89. The highest BCUT2D eigenvalue weighted by Crippen LogP contribution is 2.55. The van der Waals surface area contributed by atoms with Crippen molar-refractivity contribution in [1.82, 2.24) is 5.32 Å². The van der Waals surface area contributed by atoms with Gasteiger partial charge >= 0.3 is 0 Å². The Morgan fingerprint density at radius 3 is 2.41 bits per heavy atom. The zero-order valence-electron chi connectivity index (χ0n) is 13.8. The smallest absolute Gasteiger partial charge is 0.119 e. The lowest BCUT2D eigenvalue weighted by atomic mass is 9.53. The maximum absolute atomic E-state index is 5.76. The molecule has 0 heterocycles. The molecule has 1 aromatic carbocycles. The summed E-state index contributed by atoms with van der Waals surface area (Å²) in [6.45, 7) is 3.96. The topological polar surface area (TPSA) is 21.3 Å². The largest absolute Gasteiger partial charge is 0.494 e. The highest BCUT2D eigenvalue weighted by molar-refractivity contribution is 5.28. The second-order valence-electron chi connectivity index (χ2n) is 8.05. The van der Waals surface area contributed by atoms with Crippen molar-refractivity contribution in [2.75, 3.05) is 6.61 Å². The lowest BCUT2D eigenvalue weighted by molar-refractivity contribution is -0.0206. The first kappa shape index (κ1) is 14.6. The van der Waals surface area contributed by atoms with E-state index < -0.39 is 0 Å². The summed E-state index contributed by atoms with van der Waals surface area (Å²) in [6, 6.07) is 8.64. The van der Waals surface area contributed by atoms with Crippen molar-refractivity contribution in [1.29, 1.82) is 0 Å². The third kappa shape index (κ3) is 2.90. The van der Waals surface area contributed by atoms with E-state index in [1.807, 2.05) is 0 Å². The van der Waals surface area contributed by atoms with Gasteiger partial charge in [0.25, 0.3) is 0 Å². The minimum Gasteiger partial charge on any atom is -0.494 e. The van der Waals surface area contributed by atoms with Gasteiger partial charge in [0, 0.05) is 12.1 Å². The molecule has 0 unspecified atom stereocenters. The summed E-state index contributed by atoms with van der Waals surface area (Å²) in [6.07, 6.45) is 9.88. The van der Waals surface area contributed by atoms with Crippen molar-refractivity contribution >= 4 is 0 Å². The molecule has 22 heavy (non-hydrogen) atoms. The van der Waals surface area contributed by atoms with Crippen LogP contribution in [0.4, 0.5) is 0 Å². The van der Waals surface area contributed by atoms with Gasteiger partial charge in [0.2, 0.25) is 0 Å². The Balaban J connectivity index is 1.40. The lowest BCUT2D eigenvalue weighted by Crippen LogP contribution is -2.58. The maximum Gasteiger partial charge on any atom is 0.119 e. The van der Waals surface area contributed by atoms with Gasteiger partial charge in [-0.15, -0.1) is 0 Å². The van der Waals surface area contributed by atoms with E-state index in [1.54, 1.807) is 0 Å². The molecule has 5 rings (SSSR count). The molecule has 1 N–H and O–H groups in total. The monoisotopic (exact) mass is 299 g/mol. The van der Waals surface area contributed by atoms with E-state index in [0.29, 0.717) is 5.54 Å². The van der Waals surface area contributed by atoms with E-state index in [1.165, 1.54) is 44.1 Å². The Morgan fingerprint density at radius 1 is 1.09 bits per heavy atom. The van der Waals surface area contributed by atoms with Crippen LogP contribution in [0.5, 0.6) is 5.75 Å². The molecule has 4 fully saturated rings. The van der Waals surface area contributed by atoms with Crippen molar-refractivity contribution in [3.05, 3.63) is 29.8 Å². The lowest BCUT2D eigenvalue weighted by Gasteiger charge is -2.57. The zero-order chi connectivity index (χ0) is 15.0. The molecule has 4 saturated carbocycles. The van der Waals surface area contributed by atoms with Crippen molar-refractivity contribution in [2.45, 2.75) is 64.0 Å². The first-order chi connectivity index (χ1) is 10.7. The van der Waals surface area contributed by atoms with Crippen LogP contribution in [-0.2, 0) is 6.54 Å². The van der Waals surface area contributed by atoms with Crippen LogP contribution in [0.2, 0.25) is 0 Å². The van der Waals surface area contributed by atoms with E-state index in [4.69, 9.17) is 4.74 Å². The number of benzene rings is 1. The molecule has 4 bridgehead atoms. The SMILES string of the molecule is CCCOc1cccc(CNC23CC4CC(CC(C4)C2)C3)c1. The van der Waals surface area contributed by atoms with E-state index >= 15 is 0 Å². The van der Waals surface area contributed by atoms with Crippen LogP contribution in [0.3, 0.4) is 0 Å². The molecule has 0 saturated heterocycles. The van der Waals surface area contributed by atoms with Gasteiger partial charge < -0.3 is 10.1 Å². The number of hydrogen-bond acceptors (Lipinski definition) is 2. The Labute approximate surface area is 134 Å². The van der Waals surface area contributed by atoms with Crippen LogP contribution in [-0.4, -0.2) is 12.1 Å². The molecular weight excluding hydrogens is 270 g/mol. The normalized spacial score (nSPS) is 35.8. The van der Waals surface area contributed by atoms with Gasteiger partial charge in [-0.05, 0) is 80.4 Å². The zero-order valence-corrected chi connectivity index (χ0v) is 13.8. The van der Waals surface area contributed by atoms with E-state index in [-0.39, 0.29) is 0 Å². The van der Waals surface area contributed by atoms with Crippen LogP contribution in [0.15, 0.2) is 24.3 Å².